The van der Waals surface area contributed by atoms with Crippen molar-refractivity contribution in [2.24, 2.45) is 0 Å². The van der Waals surface area contributed by atoms with Crippen molar-refractivity contribution in [1.82, 2.24) is 0 Å². The van der Waals surface area contributed by atoms with Crippen molar-refractivity contribution >= 4 is 6.29 Å². The number of hydrogen-bond acceptors (Lipinski definition) is 4. The molecule has 1 aromatic rings. The van der Waals surface area contributed by atoms with Crippen LogP contribution in [-0.4, -0.2) is 34.3 Å². The number of aliphatic hydroxyl groups excluding tert-OH is 3. The van der Waals surface area contributed by atoms with E-state index in [9.17, 15) is 23.1 Å². The lowest BCUT2D eigenvalue weighted by atomic mass is 9.96. The third-order valence-electron chi connectivity index (χ3n) is 2.39. The number of aliphatic hydroxyl groups is 3. The number of carbonyl (C=O) groups is 1. The van der Waals surface area contributed by atoms with E-state index in [-0.39, 0.29) is 11.8 Å². The molecule has 0 saturated carbocycles. The molecule has 0 aromatic heterocycles. The lowest BCUT2D eigenvalue weighted by molar-refractivity contribution is -0.140. The zero-order valence-corrected chi connectivity index (χ0v) is 9.05. The maximum absolute atomic E-state index is 12.7. The molecule has 0 fully saturated rings. The van der Waals surface area contributed by atoms with Crippen LogP contribution in [0, 0.1) is 0 Å². The molecule has 0 saturated heterocycles. The Hall–Kier alpha value is -1.44. The van der Waals surface area contributed by atoms with Crippen molar-refractivity contribution in [3.8, 4) is 0 Å². The molecule has 2 unspecified atom stereocenters. The topological polar surface area (TPSA) is 77.8 Å². The Morgan fingerprint density at radius 1 is 1.28 bits per heavy atom. The summed E-state index contributed by atoms with van der Waals surface area (Å²) in [5, 5.41) is 27.3. The normalized spacial score (nSPS) is 15.2. The molecule has 0 heterocycles. The molecule has 100 valence electrons. The lowest BCUT2D eigenvalue weighted by Gasteiger charge is -2.20. The van der Waals surface area contributed by atoms with Gasteiger partial charge in [-0.05, 0) is 11.6 Å². The van der Waals surface area contributed by atoms with Crippen molar-refractivity contribution in [2.75, 3.05) is 6.61 Å². The second-order valence-corrected chi connectivity index (χ2v) is 3.66. The highest BCUT2D eigenvalue weighted by atomic mass is 19.4. The maximum atomic E-state index is 12.7. The summed E-state index contributed by atoms with van der Waals surface area (Å²) >= 11 is 0. The van der Waals surface area contributed by atoms with Gasteiger partial charge in [0.1, 0.15) is 18.5 Å². The highest BCUT2D eigenvalue weighted by Crippen LogP contribution is 2.35. The van der Waals surface area contributed by atoms with Gasteiger partial charge >= 0.3 is 6.18 Å². The van der Waals surface area contributed by atoms with Gasteiger partial charge in [0.15, 0.2) is 0 Å². The summed E-state index contributed by atoms with van der Waals surface area (Å²) in [5.74, 6) is 0. The molecule has 1 rings (SSSR count). The van der Waals surface area contributed by atoms with E-state index in [1.54, 1.807) is 0 Å². The monoisotopic (exact) mass is 264 g/mol. The number of carbonyl (C=O) groups excluding carboxylic acids is 1. The van der Waals surface area contributed by atoms with Gasteiger partial charge in [-0.3, -0.25) is 4.79 Å². The predicted molar refractivity (Wildman–Crippen MR) is 54.9 cm³/mol. The zero-order chi connectivity index (χ0) is 13.9. The van der Waals surface area contributed by atoms with Gasteiger partial charge in [-0.2, -0.15) is 13.2 Å². The third kappa shape index (κ3) is 3.06. The Morgan fingerprint density at radius 2 is 1.89 bits per heavy atom. The van der Waals surface area contributed by atoms with Gasteiger partial charge in [-0.25, -0.2) is 0 Å². The first kappa shape index (κ1) is 14.6. The summed E-state index contributed by atoms with van der Waals surface area (Å²) in [6.07, 6.45) is -8.14. The Labute approximate surface area is 100 Å². The average Bonchev–Trinajstić information content (AvgIpc) is 2.35. The van der Waals surface area contributed by atoms with Crippen LogP contribution in [0.2, 0.25) is 0 Å². The Bertz CT molecular complexity index is 431. The van der Waals surface area contributed by atoms with Gasteiger partial charge in [-0.1, -0.05) is 12.1 Å². The second-order valence-electron chi connectivity index (χ2n) is 3.66. The molecule has 0 amide bonds. The number of aldehydes is 1. The minimum absolute atomic E-state index is 0.197. The molecule has 0 radical (unpaired) electrons. The molecule has 0 spiro atoms. The largest absolute Gasteiger partial charge is 0.416 e. The highest BCUT2D eigenvalue weighted by Gasteiger charge is 2.36. The van der Waals surface area contributed by atoms with E-state index in [0.29, 0.717) is 6.07 Å². The third-order valence-corrected chi connectivity index (χ3v) is 2.39. The fourth-order valence-corrected chi connectivity index (χ4v) is 1.46. The Balaban J connectivity index is 3.30. The SMILES string of the molecule is O=Cc1ccc(C(O)C(O)CO)c(C(F)(F)F)c1. The summed E-state index contributed by atoms with van der Waals surface area (Å²) in [5.41, 5.74) is -2.00. The molecule has 0 aliphatic carbocycles. The zero-order valence-electron chi connectivity index (χ0n) is 9.05. The molecule has 0 aliphatic rings. The van der Waals surface area contributed by atoms with Gasteiger partial charge in [0, 0.05) is 5.56 Å². The van der Waals surface area contributed by atoms with E-state index in [1.807, 2.05) is 0 Å². The predicted octanol–water partition coefficient (Wildman–Crippen LogP) is 0.904. The number of rotatable bonds is 4. The molecule has 0 bridgehead atoms. The van der Waals surface area contributed by atoms with Crippen LogP contribution in [-0.2, 0) is 6.18 Å². The molecule has 18 heavy (non-hydrogen) atoms. The highest BCUT2D eigenvalue weighted by molar-refractivity contribution is 5.75. The van der Waals surface area contributed by atoms with Gasteiger partial charge < -0.3 is 15.3 Å². The number of hydrogen-bond donors (Lipinski definition) is 3. The van der Waals surface area contributed by atoms with Crippen LogP contribution in [0.3, 0.4) is 0 Å². The minimum Gasteiger partial charge on any atom is -0.394 e. The minimum atomic E-state index is -4.77. The van der Waals surface area contributed by atoms with Crippen LogP contribution in [0.1, 0.15) is 27.6 Å². The standard InChI is InChI=1S/C11H11F3O4/c12-11(13,14)8-3-6(4-15)1-2-7(8)10(18)9(17)5-16/h1-4,9-10,16-18H,5H2. The van der Waals surface area contributed by atoms with Crippen LogP contribution in [0.25, 0.3) is 0 Å². The van der Waals surface area contributed by atoms with E-state index in [0.717, 1.165) is 12.1 Å². The number of benzene rings is 1. The van der Waals surface area contributed by atoms with Crippen molar-refractivity contribution in [1.29, 1.82) is 0 Å². The fraction of sp³-hybridized carbons (Fsp3) is 0.364. The molecule has 2 atom stereocenters. The Morgan fingerprint density at radius 3 is 2.33 bits per heavy atom. The van der Waals surface area contributed by atoms with Crippen LogP contribution < -0.4 is 0 Å². The van der Waals surface area contributed by atoms with E-state index in [2.05, 4.69) is 0 Å². The molecule has 0 aliphatic heterocycles. The average molecular weight is 264 g/mol. The van der Waals surface area contributed by atoms with Gasteiger partial charge in [0.2, 0.25) is 0 Å². The van der Waals surface area contributed by atoms with Crippen LogP contribution in [0.4, 0.5) is 13.2 Å². The Kier molecular flexibility index (Phi) is 4.44. The van der Waals surface area contributed by atoms with Gasteiger partial charge in [0.05, 0.1) is 12.2 Å². The molecular formula is C11H11F3O4. The van der Waals surface area contributed by atoms with Gasteiger partial charge in [-0.15, -0.1) is 0 Å². The fourth-order valence-electron chi connectivity index (χ4n) is 1.46. The lowest BCUT2D eigenvalue weighted by Crippen LogP contribution is -2.25. The van der Waals surface area contributed by atoms with Crippen LogP contribution in [0.15, 0.2) is 18.2 Å². The summed E-state index contributed by atoms with van der Waals surface area (Å²) in [4.78, 5) is 10.4. The summed E-state index contributed by atoms with van der Waals surface area (Å²) in [7, 11) is 0. The van der Waals surface area contributed by atoms with Gasteiger partial charge in [0.25, 0.3) is 0 Å². The quantitative estimate of drug-likeness (QED) is 0.706. The first-order valence-corrected chi connectivity index (χ1v) is 4.94. The van der Waals surface area contributed by atoms with E-state index in [4.69, 9.17) is 10.2 Å². The first-order valence-electron chi connectivity index (χ1n) is 4.94. The summed E-state index contributed by atoms with van der Waals surface area (Å²) < 4.78 is 38.2. The molecule has 4 nitrogen and oxygen atoms in total. The van der Waals surface area contributed by atoms with E-state index >= 15 is 0 Å². The van der Waals surface area contributed by atoms with Crippen molar-refractivity contribution in [3.63, 3.8) is 0 Å². The smallest absolute Gasteiger partial charge is 0.394 e. The number of alkyl halides is 3. The van der Waals surface area contributed by atoms with Crippen LogP contribution in [0.5, 0.6) is 0 Å². The van der Waals surface area contributed by atoms with Crippen molar-refractivity contribution in [2.45, 2.75) is 18.4 Å². The van der Waals surface area contributed by atoms with Crippen molar-refractivity contribution < 1.29 is 33.3 Å². The molecular weight excluding hydrogens is 253 g/mol. The maximum Gasteiger partial charge on any atom is 0.416 e. The van der Waals surface area contributed by atoms with E-state index in [1.165, 1.54) is 0 Å². The van der Waals surface area contributed by atoms with E-state index < -0.39 is 36.1 Å². The first-order chi connectivity index (χ1) is 8.31. The van der Waals surface area contributed by atoms with Crippen LogP contribution >= 0.6 is 0 Å². The summed E-state index contributed by atoms with van der Waals surface area (Å²) in [6.45, 7) is -0.881. The second kappa shape index (κ2) is 5.47. The molecule has 7 heteroatoms. The molecule has 3 N–H and O–H groups in total. The number of halogens is 3. The molecule has 1 aromatic carbocycles. The van der Waals surface area contributed by atoms with Crippen molar-refractivity contribution in [3.05, 3.63) is 34.9 Å². The summed E-state index contributed by atoms with van der Waals surface area (Å²) in [6, 6.07) is 2.57.